The number of unbranched alkanes of at least 4 members (excludes halogenated alkanes) is 7. The first kappa shape index (κ1) is 17.6. The summed E-state index contributed by atoms with van der Waals surface area (Å²) in [6.07, 6.45) is 12.8. The zero-order chi connectivity index (χ0) is 10.5. The molecule has 2 heteroatoms. The van der Waals surface area contributed by atoms with E-state index in [-0.39, 0.29) is 12.4 Å². The van der Waals surface area contributed by atoms with Gasteiger partial charge in [-0.25, -0.2) is 0 Å². The summed E-state index contributed by atoms with van der Waals surface area (Å²) < 4.78 is 0. The second-order valence-electron chi connectivity index (χ2n) is 4.34. The molecule has 1 nitrogen and oxygen atoms in total. The zero-order valence-electron chi connectivity index (χ0n) is 10.7. The fraction of sp³-hybridized carbons (Fsp3) is 1.00. The first-order valence-electron chi connectivity index (χ1n) is 6.73. The Morgan fingerprint density at radius 2 is 1.07 bits per heavy atom. The average Bonchev–Trinajstić information content (AvgIpc) is 2.21. The van der Waals surface area contributed by atoms with Gasteiger partial charge in [0.25, 0.3) is 0 Å². The predicted molar refractivity (Wildman–Crippen MR) is 64.6 cm³/mol. The summed E-state index contributed by atoms with van der Waals surface area (Å²) in [5.74, 6) is 0. The van der Waals surface area contributed by atoms with Crippen molar-refractivity contribution >= 4 is 0 Å². The molecule has 94 valence electrons. The molecule has 0 aromatic rings. The van der Waals surface area contributed by atoms with E-state index in [4.69, 9.17) is 0 Å². The standard InChI is InChI=1S/C13H29N.ClH/c1-3-5-7-8-9-10-11-13-14-12-6-4-2;/h14H,3-13H2,1-2H3;1H. The Kier molecular flexibility index (Phi) is 19.6. The van der Waals surface area contributed by atoms with Gasteiger partial charge in [0.05, 0.1) is 13.1 Å². The van der Waals surface area contributed by atoms with Crippen LogP contribution in [0.1, 0.15) is 71.6 Å². The molecule has 0 saturated heterocycles. The third-order valence-electron chi connectivity index (χ3n) is 2.77. The predicted octanol–water partition coefficient (Wildman–Crippen LogP) is 0.105. The molecule has 0 aromatic heterocycles. The second-order valence-corrected chi connectivity index (χ2v) is 4.34. The van der Waals surface area contributed by atoms with Crippen LogP contribution in [0.5, 0.6) is 0 Å². The fourth-order valence-corrected chi connectivity index (χ4v) is 1.74. The Morgan fingerprint density at radius 1 is 0.600 bits per heavy atom. The van der Waals surface area contributed by atoms with Gasteiger partial charge in [-0.05, 0) is 19.3 Å². The summed E-state index contributed by atoms with van der Waals surface area (Å²) >= 11 is 0. The van der Waals surface area contributed by atoms with Crippen LogP contribution in [0.3, 0.4) is 0 Å². The minimum atomic E-state index is 0. The van der Waals surface area contributed by atoms with Gasteiger partial charge in [-0.3, -0.25) is 0 Å². The number of quaternary nitrogens is 1. The van der Waals surface area contributed by atoms with Crippen molar-refractivity contribution < 1.29 is 17.7 Å². The monoisotopic (exact) mass is 235 g/mol. The lowest BCUT2D eigenvalue weighted by atomic mass is 10.1. The quantitative estimate of drug-likeness (QED) is 0.490. The molecular weight excluding hydrogens is 206 g/mol. The van der Waals surface area contributed by atoms with E-state index in [9.17, 15) is 0 Å². The van der Waals surface area contributed by atoms with E-state index < -0.39 is 0 Å². The van der Waals surface area contributed by atoms with Crippen LogP contribution >= 0.6 is 0 Å². The van der Waals surface area contributed by atoms with Crippen LogP contribution < -0.4 is 17.7 Å². The van der Waals surface area contributed by atoms with Crippen LogP contribution in [0.25, 0.3) is 0 Å². The smallest absolute Gasteiger partial charge is 0.0755 e. The molecular formula is C13H30ClN. The van der Waals surface area contributed by atoms with E-state index in [1.54, 1.807) is 0 Å². The van der Waals surface area contributed by atoms with Gasteiger partial charge in [-0.2, -0.15) is 0 Å². The second kappa shape index (κ2) is 16.7. The van der Waals surface area contributed by atoms with Crippen molar-refractivity contribution in [1.82, 2.24) is 0 Å². The molecule has 0 amide bonds. The lowest BCUT2D eigenvalue weighted by molar-refractivity contribution is -0.655. The molecule has 15 heavy (non-hydrogen) atoms. The van der Waals surface area contributed by atoms with E-state index in [1.807, 2.05) is 0 Å². The molecule has 0 aliphatic carbocycles. The van der Waals surface area contributed by atoms with E-state index in [1.165, 1.54) is 70.9 Å². The van der Waals surface area contributed by atoms with Gasteiger partial charge in [-0.1, -0.05) is 52.4 Å². The highest BCUT2D eigenvalue weighted by Crippen LogP contribution is 2.05. The zero-order valence-corrected chi connectivity index (χ0v) is 11.5. The minimum absolute atomic E-state index is 0. The molecule has 0 rings (SSSR count). The number of hydrogen-bond donors (Lipinski definition) is 1. The lowest BCUT2D eigenvalue weighted by Gasteiger charge is -2.01. The van der Waals surface area contributed by atoms with E-state index >= 15 is 0 Å². The van der Waals surface area contributed by atoms with E-state index in [2.05, 4.69) is 19.2 Å². The van der Waals surface area contributed by atoms with E-state index in [0.717, 1.165) is 0 Å². The molecule has 0 aromatic carbocycles. The molecule has 0 heterocycles. The Bertz CT molecular complexity index is 84.5. The van der Waals surface area contributed by atoms with Crippen LogP contribution in [-0.2, 0) is 0 Å². The topological polar surface area (TPSA) is 16.6 Å². The average molecular weight is 236 g/mol. The fourth-order valence-electron chi connectivity index (χ4n) is 1.74. The van der Waals surface area contributed by atoms with Crippen molar-refractivity contribution in [2.24, 2.45) is 0 Å². The summed E-state index contributed by atoms with van der Waals surface area (Å²) in [7, 11) is 0. The Labute approximate surface area is 103 Å². The van der Waals surface area contributed by atoms with Gasteiger partial charge in [-0.15, -0.1) is 0 Å². The number of rotatable bonds is 11. The van der Waals surface area contributed by atoms with Crippen molar-refractivity contribution in [2.45, 2.75) is 71.6 Å². The van der Waals surface area contributed by atoms with Crippen molar-refractivity contribution in [2.75, 3.05) is 13.1 Å². The Morgan fingerprint density at radius 3 is 1.67 bits per heavy atom. The van der Waals surface area contributed by atoms with Gasteiger partial charge >= 0.3 is 0 Å². The minimum Gasteiger partial charge on any atom is -1.00 e. The summed E-state index contributed by atoms with van der Waals surface area (Å²) in [6.45, 7) is 7.24. The molecule has 0 fully saturated rings. The SMILES string of the molecule is CCCCCCCCC[NH2+]CCCC.[Cl-]. The van der Waals surface area contributed by atoms with Crippen LogP contribution in [0.2, 0.25) is 0 Å². The van der Waals surface area contributed by atoms with Crippen molar-refractivity contribution in [3.63, 3.8) is 0 Å². The Balaban J connectivity index is 0. The van der Waals surface area contributed by atoms with Gasteiger partial charge in [0.2, 0.25) is 0 Å². The summed E-state index contributed by atoms with van der Waals surface area (Å²) in [4.78, 5) is 0. The number of nitrogens with two attached hydrogens (primary N) is 1. The maximum atomic E-state index is 2.48. The number of hydrogen-bond acceptors (Lipinski definition) is 0. The van der Waals surface area contributed by atoms with Crippen molar-refractivity contribution in [3.8, 4) is 0 Å². The highest BCUT2D eigenvalue weighted by molar-refractivity contribution is 4.43. The first-order valence-corrected chi connectivity index (χ1v) is 6.73. The number of halogens is 1. The first-order chi connectivity index (χ1) is 6.91. The van der Waals surface area contributed by atoms with Crippen molar-refractivity contribution in [1.29, 1.82) is 0 Å². The van der Waals surface area contributed by atoms with Crippen LogP contribution in [0.15, 0.2) is 0 Å². The third kappa shape index (κ3) is 16.9. The lowest BCUT2D eigenvalue weighted by Crippen LogP contribution is -3.00. The Hall–Kier alpha value is 0.250. The molecule has 0 radical (unpaired) electrons. The normalized spacial score (nSPS) is 10.0. The van der Waals surface area contributed by atoms with Crippen LogP contribution in [-0.4, -0.2) is 13.1 Å². The highest BCUT2D eigenvalue weighted by atomic mass is 35.5. The van der Waals surface area contributed by atoms with Crippen molar-refractivity contribution in [3.05, 3.63) is 0 Å². The molecule has 0 saturated carbocycles. The van der Waals surface area contributed by atoms with Crippen LogP contribution in [0, 0.1) is 0 Å². The summed E-state index contributed by atoms with van der Waals surface area (Å²) in [5.41, 5.74) is 0. The molecule has 0 aliphatic heterocycles. The third-order valence-corrected chi connectivity index (χ3v) is 2.77. The molecule has 0 unspecified atom stereocenters. The molecule has 0 aliphatic rings. The molecule has 0 atom stereocenters. The largest absolute Gasteiger partial charge is 1.00 e. The maximum Gasteiger partial charge on any atom is 0.0755 e. The maximum absolute atomic E-state index is 2.48. The summed E-state index contributed by atoms with van der Waals surface area (Å²) in [6, 6.07) is 0. The van der Waals surface area contributed by atoms with Gasteiger partial charge in [0.15, 0.2) is 0 Å². The van der Waals surface area contributed by atoms with Gasteiger partial charge < -0.3 is 17.7 Å². The summed E-state index contributed by atoms with van der Waals surface area (Å²) in [5, 5.41) is 2.48. The van der Waals surface area contributed by atoms with Gasteiger partial charge in [0.1, 0.15) is 0 Å². The van der Waals surface area contributed by atoms with E-state index in [0.29, 0.717) is 0 Å². The molecule has 0 spiro atoms. The van der Waals surface area contributed by atoms with Crippen LogP contribution in [0.4, 0.5) is 0 Å². The molecule has 0 bridgehead atoms. The highest BCUT2D eigenvalue weighted by Gasteiger charge is 1.92. The van der Waals surface area contributed by atoms with Gasteiger partial charge in [0, 0.05) is 0 Å². The molecule has 2 N–H and O–H groups in total.